The van der Waals surface area contributed by atoms with Crippen molar-refractivity contribution in [2.45, 2.75) is 12.4 Å². The number of rotatable bonds is 2. The molecule has 0 fully saturated rings. The predicted molar refractivity (Wildman–Crippen MR) is 157 cm³/mol. The molecule has 6 rings (SSSR count). The van der Waals surface area contributed by atoms with E-state index in [1.165, 1.54) is 15.8 Å². The summed E-state index contributed by atoms with van der Waals surface area (Å²) in [6.45, 7) is 0.943. The smallest absolute Gasteiger partial charge is 0.319 e. The van der Waals surface area contributed by atoms with Gasteiger partial charge in [0.05, 0.1) is 45.3 Å². The average molecular weight is 608 g/mol. The van der Waals surface area contributed by atoms with Gasteiger partial charge in [0.2, 0.25) is 24.7 Å². The van der Waals surface area contributed by atoms with E-state index in [2.05, 4.69) is 47.0 Å². The molecule has 2 aliphatic heterocycles. The molecule has 0 spiro atoms. The lowest BCUT2D eigenvalue weighted by Crippen LogP contribution is -2.32. The molecule has 2 heterocycles. The van der Waals surface area contributed by atoms with Crippen molar-refractivity contribution < 1.29 is 35.5 Å². The van der Waals surface area contributed by atoms with E-state index in [9.17, 15) is 26.3 Å². The second-order valence-electron chi connectivity index (χ2n) is 10.4. The van der Waals surface area contributed by atoms with Gasteiger partial charge in [0.15, 0.2) is 12.4 Å². The highest BCUT2D eigenvalue weighted by Gasteiger charge is 2.39. The van der Waals surface area contributed by atoms with Crippen molar-refractivity contribution in [2.75, 3.05) is 37.2 Å². The highest BCUT2D eigenvalue weighted by atomic mass is 19.4. The maximum absolute atomic E-state index is 13.0. The summed E-state index contributed by atoms with van der Waals surface area (Å²) >= 11 is 0. The van der Waals surface area contributed by atoms with Gasteiger partial charge >= 0.3 is 12.4 Å². The van der Waals surface area contributed by atoms with Crippen LogP contribution >= 0.6 is 0 Å². The molecule has 0 radical (unpaired) electrons. The van der Waals surface area contributed by atoms with Crippen molar-refractivity contribution in [2.24, 2.45) is 0 Å². The molecular formula is C33H27F6N5+2. The predicted octanol–water partition coefficient (Wildman–Crippen LogP) is 7.62. The normalized spacial score (nSPS) is 14.3. The van der Waals surface area contributed by atoms with Gasteiger partial charge in [-0.2, -0.15) is 40.8 Å². The van der Waals surface area contributed by atoms with Gasteiger partial charge in [-0.25, -0.2) is 0 Å². The fourth-order valence-electron chi connectivity index (χ4n) is 5.06. The van der Waals surface area contributed by atoms with Gasteiger partial charge in [0, 0.05) is 38.4 Å². The molecule has 11 heteroatoms. The van der Waals surface area contributed by atoms with E-state index in [0.29, 0.717) is 11.1 Å². The molecular weight excluding hydrogens is 580 g/mol. The van der Waals surface area contributed by atoms with Crippen LogP contribution < -0.4 is 9.80 Å². The largest absolute Gasteiger partial charge is 0.416 e. The molecule has 44 heavy (non-hydrogen) atoms. The molecule has 0 atom stereocenters. The van der Waals surface area contributed by atoms with Crippen molar-refractivity contribution in [3.8, 4) is 6.07 Å². The van der Waals surface area contributed by atoms with Crippen molar-refractivity contribution in [1.82, 2.24) is 0 Å². The quantitative estimate of drug-likeness (QED) is 0.174. The zero-order valence-electron chi connectivity index (χ0n) is 23.7. The Morgan fingerprint density at radius 3 is 1.48 bits per heavy atom. The minimum atomic E-state index is -4.87. The summed E-state index contributed by atoms with van der Waals surface area (Å²) in [6.07, 6.45) is -6.03. The molecule has 0 aliphatic carbocycles. The maximum Gasteiger partial charge on any atom is 0.416 e. The van der Waals surface area contributed by atoms with E-state index in [-0.39, 0.29) is 18.4 Å². The zero-order chi connectivity index (χ0) is 31.6. The van der Waals surface area contributed by atoms with Crippen LogP contribution in [0.4, 0.5) is 49.1 Å². The number of halogens is 6. The van der Waals surface area contributed by atoms with E-state index in [1.54, 1.807) is 30.3 Å². The van der Waals surface area contributed by atoms with E-state index in [0.717, 1.165) is 30.2 Å². The number of hydrogen-bond donors (Lipinski definition) is 0. The second kappa shape index (κ2) is 11.9. The van der Waals surface area contributed by atoms with Crippen LogP contribution in [-0.2, 0) is 12.4 Å². The topological polar surface area (TPSA) is 36.3 Å². The van der Waals surface area contributed by atoms with Crippen LogP contribution in [0, 0.1) is 11.3 Å². The van der Waals surface area contributed by atoms with Gasteiger partial charge in [-0.15, -0.1) is 0 Å². The lowest BCUT2D eigenvalue weighted by atomic mass is 10.1. The fourth-order valence-corrected chi connectivity index (χ4v) is 5.06. The van der Waals surface area contributed by atoms with Crippen LogP contribution in [0.2, 0.25) is 0 Å². The molecule has 0 aromatic heterocycles. The Bertz CT molecular complexity index is 1750. The Morgan fingerprint density at radius 2 is 1.05 bits per heavy atom. The monoisotopic (exact) mass is 607 g/mol. The minimum Gasteiger partial charge on any atom is -0.319 e. The van der Waals surface area contributed by atoms with Crippen molar-refractivity contribution >= 4 is 35.2 Å². The highest BCUT2D eigenvalue weighted by molar-refractivity contribution is 5.87. The SMILES string of the molecule is CN1C[N+](c2cc(C(F)(F)F)cc(C(F)(F)F)c2)=Cc2ccccc21.CN1C[N+](c2ccc(C#N)cc2)=Cc2ccccc21. The number of nitriles is 1. The van der Waals surface area contributed by atoms with Crippen molar-refractivity contribution in [3.63, 3.8) is 0 Å². The van der Waals surface area contributed by atoms with Gasteiger partial charge in [-0.05, 0) is 42.5 Å². The van der Waals surface area contributed by atoms with Gasteiger partial charge in [-0.3, -0.25) is 0 Å². The summed E-state index contributed by atoms with van der Waals surface area (Å²) in [6, 6.07) is 26.9. The van der Waals surface area contributed by atoms with E-state index in [1.807, 2.05) is 42.5 Å². The van der Waals surface area contributed by atoms with Crippen LogP contribution in [-0.4, -0.2) is 49.0 Å². The Kier molecular flexibility index (Phi) is 8.19. The molecule has 224 valence electrons. The Balaban J connectivity index is 0.000000181. The van der Waals surface area contributed by atoms with E-state index >= 15 is 0 Å². The molecule has 2 aliphatic rings. The molecule has 0 amide bonds. The first-order valence-electron chi connectivity index (χ1n) is 13.5. The first kappa shape index (κ1) is 30.4. The number of anilines is 2. The van der Waals surface area contributed by atoms with Gasteiger partial charge < -0.3 is 9.80 Å². The summed E-state index contributed by atoms with van der Waals surface area (Å²) in [5.74, 6) is 0. The molecule has 0 bridgehead atoms. The lowest BCUT2D eigenvalue weighted by Gasteiger charge is -2.23. The van der Waals surface area contributed by atoms with Crippen LogP contribution in [0.15, 0.2) is 91.0 Å². The van der Waals surface area contributed by atoms with Crippen LogP contribution in [0.1, 0.15) is 27.8 Å². The molecule has 4 aromatic rings. The van der Waals surface area contributed by atoms with E-state index in [4.69, 9.17) is 5.26 Å². The summed E-state index contributed by atoms with van der Waals surface area (Å²) in [4.78, 5) is 3.97. The van der Waals surface area contributed by atoms with Gasteiger partial charge in [0.1, 0.15) is 0 Å². The number of nitrogens with zero attached hydrogens (tertiary/aromatic N) is 5. The fraction of sp³-hybridized carbons (Fsp3) is 0.182. The summed E-state index contributed by atoms with van der Waals surface area (Å²) in [5.41, 5.74) is 2.98. The first-order valence-corrected chi connectivity index (χ1v) is 13.5. The average Bonchev–Trinajstić information content (AvgIpc) is 3.00. The molecule has 5 nitrogen and oxygen atoms in total. The third-order valence-electron chi connectivity index (χ3n) is 7.25. The zero-order valence-corrected chi connectivity index (χ0v) is 23.7. The summed E-state index contributed by atoms with van der Waals surface area (Å²) in [5, 5.41) is 8.83. The van der Waals surface area contributed by atoms with E-state index < -0.39 is 23.5 Å². The second-order valence-corrected chi connectivity index (χ2v) is 10.4. The van der Waals surface area contributed by atoms with Gasteiger partial charge in [-0.1, -0.05) is 24.3 Å². The molecule has 0 saturated carbocycles. The standard InChI is InChI=1S/C17H13F6N2.C16H14N3/c1-24-10-25(9-11-4-2-3-5-15(11)24)14-7-12(16(18,19)20)6-13(8-14)17(21,22)23;1-18-12-19(11-14-4-2-3-5-16(14)18)15-8-6-13(10-17)7-9-15/h2-9H,10H2,1H3;2-9,11H,12H2,1H3/q2*+1. The molecule has 0 saturated heterocycles. The number of fused-ring (bicyclic) bond motifs is 2. The van der Waals surface area contributed by atoms with Crippen LogP contribution in [0.5, 0.6) is 0 Å². The van der Waals surface area contributed by atoms with Crippen molar-refractivity contribution in [3.05, 3.63) is 119 Å². The van der Waals surface area contributed by atoms with Gasteiger partial charge in [0.25, 0.3) is 0 Å². The maximum atomic E-state index is 13.0. The van der Waals surface area contributed by atoms with Crippen LogP contribution in [0.3, 0.4) is 0 Å². The Hall–Kier alpha value is -5.11. The lowest BCUT2D eigenvalue weighted by molar-refractivity contribution is -0.435. The third kappa shape index (κ3) is 6.59. The first-order chi connectivity index (χ1) is 20.8. The number of alkyl halides is 6. The molecule has 4 aromatic carbocycles. The highest BCUT2D eigenvalue weighted by Crippen LogP contribution is 2.38. The summed E-state index contributed by atoms with van der Waals surface area (Å²) < 4.78 is 81.6. The number of benzene rings is 4. The van der Waals surface area contributed by atoms with Crippen molar-refractivity contribution in [1.29, 1.82) is 5.26 Å². The summed E-state index contributed by atoms with van der Waals surface area (Å²) in [7, 11) is 3.81. The third-order valence-corrected chi connectivity index (χ3v) is 7.25. The minimum absolute atomic E-state index is 0.130. The Labute approximate surface area is 250 Å². The molecule has 0 unspecified atom stereocenters. The molecule has 0 N–H and O–H groups in total. The number of hydrogen-bond acceptors (Lipinski definition) is 3. The Morgan fingerprint density at radius 1 is 0.614 bits per heavy atom. The van der Waals surface area contributed by atoms with Crippen LogP contribution in [0.25, 0.3) is 0 Å². The number of para-hydroxylation sites is 2.